The normalized spacial score (nSPS) is 14.4. The van der Waals surface area contributed by atoms with Crippen LogP contribution >= 0.6 is 0 Å². The number of rotatable bonds is 6. The predicted octanol–water partition coefficient (Wildman–Crippen LogP) is 4.11. The smallest absolute Gasteiger partial charge is 0.317 e. The lowest BCUT2D eigenvalue weighted by atomic mass is 10.1. The van der Waals surface area contributed by atoms with E-state index in [1.807, 2.05) is 41.4 Å². The fourth-order valence-electron chi connectivity index (χ4n) is 4.80. The molecular formula is C28H32N6O. The van der Waals surface area contributed by atoms with Crippen molar-refractivity contribution in [2.75, 3.05) is 32.7 Å². The zero-order chi connectivity index (χ0) is 24.2. The Morgan fingerprint density at radius 1 is 0.943 bits per heavy atom. The number of fused-ring (bicyclic) bond motifs is 1. The van der Waals surface area contributed by atoms with Gasteiger partial charge in [-0.15, -0.1) is 0 Å². The Balaban J connectivity index is 1.23. The van der Waals surface area contributed by atoms with E-state index in [1.165, 1.54) is 16.7 Å². The molecule has 4 aromatic rings. The summed E-state index contributed by atoms with van der Waals surface area (Å²) in [7, 11) is 0. The number of aromatic nitrogens is 3. The Labute approximate surface area is 206 Å². The number of urea groups is 1. The van der Waals surface area contributed by atoms with Crippen LogP contribution in [0.3, 0.4) is 0 Å². The molecular weight excluding hydrogens is 436 g/mol. The first-order valence-electron chi connectivity index (χ1n) is 12.3. The van der Waals surface area contributed by atoms with Gasteiger partial charge in [-0.2, -0.15) is 0 Å². The number of imidazole rings is 1. The van der Waals surface area contributed by atoms with Crippen molar-refractivity contribution in [3.8, 4) is 5.69 Å². The van der Waals surface area contributed by atoms with Gasteiger partial charge in [0, 0.05) is 44.6 Å². The largest absolute Gasteiger partial charge is 0.338 e. The summed E-state index contributed by atoms with van der Waals surface area (Å²) in [4.78, 5) is 26.5. The fraction of sp³-hybridized carbons (Fsp3) is 0.321. The van der Waals surface area contributed by atoms with E-state index in [4.69, 9.17) is 4.98 Å². The van der Waals surface area contributed by atoms with Crippen LogP contribution < -0.4 is 5.32 Å². The molecule has 0 radical (unpaired) electrons. The van der Waals surface area contributed by atoms with Gasteiger partial charge in [0.25, 0.3) is 0 Å². The summed E-state index contributed by atoms with van der Waals surface area (Å²) in [6.45, 7) is 8.64. The zero-order valence-electron chi connectivity index (χ0n) is 20.4. The molecule has 2 aromatic carbocycles. The highest BCUT2D eigenvalue weighted by Crippen LogP contribution is 2.23. The lowest BCUT2D eigenvalue weighted by Gasteiger charge is -2.34. The number of amides is 2. The maximum atomic E-state index is 12.6. The molecule has 1 N–H and O–H groups in total. The molecule has 1 aliphatic rings. The molecule has 2 amide bonds. The van der Waals surface area contributed by atoms with E-state index in [0.29, 0.717) is 26.2 Å². The minimum Gasteiger partial charge on any atom is -0.338 e. The van der Waals surface area contributed by atoms with E-state index < -0.39 is 0 Å². The van der Waals surface area contributed by atoms with Crippen molar-refractivity contribution in [3.05, 3.63) is 89.4 Å². The highest BCUT2D eigenvalue weighted by atomic mass is 16.2. The lowest BCUT2D eigenvalue weighted by Crippen LogP contribution is -2.51. The SMILES string of the molecule is Cc1cc(C)cc(-n2c(CN3CCN(C(=O)NCCc4ccccc4)CC3)nc3cccnc32)c1. The Kier molecular flexibility index (Phi) is 6.77. The Morgan fingerprint density at radius 3 is 2.43 bits per heavy atom. The number of carbonyl (C=O) groups excluding carboxylic acids is 1. The number of benzene rings is 2. The summed E-state index contributed by atoms with van der Waals surface area (Å²) in [5.41, 5.74) is 6.54. The summed E-state index contributed by atoms with van der Waals surface area (Å²) in [6.07, 6.45) is 2.66. The molecule has 1 aliphatic heterocycles. The van der Waals surface area contributed by atoms with Gasteiger partial charge in [-0.25, -0.2) is 14.8 Å². The van der Waals surface area contributed by atoms with Crippen molar-refractivity contribution < 1.29 is 4.79 Å². The van der Waals surface area contributed by atoms with Crippen LogP contribution in [-0.2, 0) is 13.0 Å². The van der Waals surface area contributed by atoms with Gasteiger partial charge in [0.05, 0.1) is 6.54 Å². The summed E-state index contributed by atoms with van der Waals surface area (Å²) in [6, 6.07) is 20.8. The summed E-state index contributed by atoms with van der Waals surface area (Å²) >= 11 is 0. The second-order valence-electron chi connectivity index (χ2n) is 9.29. The molecule has 2 aromatic heterocycles. The maximum Gasteiger partial charge on any atom is 0.317 e. The first-order chi connectivity index (χ1) is 17.1. The minimum atomic E-state index is 0.0206. The van der Waals surface area contributed by atoms with Crippen LogP contribution in [0.5, 0.6) is 0 Å². The molecule has 1 saturated heterocycles. The average molecular weight is 469 g/mol. The van der Waals surface area contributed by atoms with Gasteiger partial charge < -0.3 is 10.2 Å². The van der Waals surface area contributed by atoms with Gasteiger partial charge in [-0.05, 0) is 61.2 Å². The highest BCUT2D eigenvalue weighted by Gasteiger charge is 2.23. The van der Waals surface area contributed by atoms with Crippen molar-refractivity contribution in [1.82, 2.24) is 29.7 Å². The second-order valence-corrected chi connectivity index (χ2v) is 9.29. The number of nitrogens with one attached hydrogen (secondary N) is 1. The van der Waals surface area contributed by atoms with Crippen molar-refractivity contribution in [2.24, 2.45) is 0 Å². The summed E-state index contributed by atoms with van der Waals surface area (Å²) < 4.78 is 2.18. The summed E-state index contributed by atoms with van der Waals surface area (Å²) in [5.74, 6) is 0.976. The van der Waals surface area contributed by atoms with E-state index >= 15 is 0 Å². The standard InChI is InChI=1S/C28H32N6O/c1-21-17-22(2)19-24(18-21)34-26(31-25-9-6-11-29-27(25)34)20-32-13-15-33(16-14-32)28(35)30-12-10-23-7-4-3-5-8-23/h3-9,11,17-19H,10,12-16,20H2,1-2H3,(H,30,35). The van der Waals surface area contributed by atoms with Crippen molar-refractivity contribution in [2.45, 2.75) is 26.8 Å². The van der Waals surface area contributed by atoms with Crippen molar-refractivity contribution >= 4 is 17.2 Å². The molecule has 0 saturated carbocycles. The molecule has 7 heteroatoms. The number of aryl methyl sites for hydroxylation is 2. The zero-order valence-corrected chi connectivity index (χ0v) is 20.4. The summed E-state index contributed by atoms with van der Waals surface area (Å²) in [5, 5.41) is 3.07. The molecule has 3 heterocycles. The monoisotopic (exact) mass is 468 g/mol. The molecule has 7 nitrogen and oxygen atoms in total. The van der Waals surface area contributed by atoms with Crippen LogP contribution in [0.1, 0.15) is 22.5 Å². The fourth-order valence-corrected chi connectivity index (χ4v) is 4.80. The third-order valence-electron chi connectivity index (χ3n) is 6.51. The Bertz CT molecular complexity index is 1290. The molecule has 5 rings (SSSR count). The van der Waals surface area contributed by atoms with Crippen molar-refractivity contribution in [3.63, 3.8) is 0 Å². The molecule has 1 fully saturated rings. The average Bonchev–Trinajstić information content (AvgIpc) is 3.22. The highest BCUT2D eigenvalue weighted by molar-refractivity contribution is 5.74. The number of hydrogen-bond acceptors (Lipinski definition) is 4. The molecule has 0 unspecified atom stereocenters. The van der Waals surface area contributed by atoms with Crippen LogP contribution in [0, 0.1) is 13.8 Å². The van der Waals surface area contributed by atoms with Crippen molar-refractivity contribution in [1.29, 1.82) is 0 Å². The van der Waals surface area contributed by atoms with Gasteiger partial charge in [0.15, 0.2) is 5.65 Å². The van der Waals surface area contributed by atoms with E-state index in [2.05, 4.69) is 63.9 Å². The van der Waals surface area contributed by atoms with Crippen LogP contribution in [0.15, 0.2) is 66.9 Å². The first kappa shape index (κ1) is 23.1. The van der Waals surface area contributed by atoms with E-state index in [-0.39, 0.29) is 6.03 Å². The van der Waals surface area contributed by atoms with E-state index in [0.717, 1.165) is 42.2 Å². The number of hydrogen-bond donors (Lipinski definition) is 1. The van der Waals surface area contributed by atoms with Crippen LogP contribution in [0.2, 0.25) is 0 Å². The van der Waals surface area contributed by atoms with E-state index in [1.54, 1.807) is 0 Å². The number of carbonyl (C=O) groups is 1. The van der Waals surface area contributed by atoms with Crippen LogP contribution in [0.25, 0.3) is 16.9 Å². The van der Waals surface area contributed by atoms with Gasteiger partial charge >= 0.3 is 6.03 Å². The van der Waals surface area contributed by atoms with Gasteiger partial charge in [-0.3, -0.25) is 9.47 Å². The van der Waals surface area contributed by atoms with Gasteiger partial charge in [0.2, 0.25) is 0 Å². The Morgan fingerprint density at radius 2 is 1.69 bits per heavy atom. The number of piperazine rings is 1. The molecule has 0 spiro atoms. The number of pyridine rings is 1. The first-order valence-corrected chi connectivity index (χ1v) is 12.3. The minimum absolute atomic E-state index is 0.0206. The molecule has 180 valence electrons. The van der Waals surface area contributed by atoms with E-state index in [9.17, 15) is 4.79 Å². The third kappa shape index (κ3) is 5.35. The molecule has 0 atom stereocenters. The molecule has 0 bridgehead atoms. The van der Waals surface area contributed by atoms with Crippen LogP contribution in [0.4, 0.5) is 4.79 Å². The lowest BCUT2D eigenvalue weighted by molar-refractivity contribution is 0.133. The second kappa shape index (κ2) is 10.3. The Hall–Kier alpha value is -3.71. The quantitative estimate of drug-likeness (QED) is 0.463. The predicted molar refractivity (Wildman–Crippen MR) is 139 cm³/mol. The van der Waals surface area contributed by atoms with Crippen LogP contribution in [-0.4, -0.2) is 63.1 Å². The topological polar surface area (TPSA) is 66.3 Å². The van der Waals surface area contributed by atoms with Gasteiger partial charge in [-0.1, -0.05) is 36.4 Å². The number of nitrogens with zero attached hydrogens (tertiary/aromatic N) is 5. The molecule has 35 heavy (non-hydrogen) atoms. The third-order valence-corrected chi connectivity index (χ3v) is 6.51. The maximum absolute atomic E-state index is 12.6. The molecule has 0 aliphatic carbocycles. The van der Waals surface area contributed by atoms with Gasteiger partial charge in [0.1, 0.15) is 11.3 Å².